The molecule has 2 rings (SSSR count). The lowest BCUT2D eigenvalue weighted by molar-refractivity contribution is -0.0447. The average Bonchev–Trinajstić information content (AvgIpc) is 1.97. The highest BCUT2D eigenvalue weighted by Crippen LogP contribution is 2.29. The van der Waals surface area contributed by atoms with E-state index >= 15 is 0 Å². The Morgan fingerprint density at radius 1 is 1.46 bits per heavy atom. The normalized spacial score (nSPS) is 47.3. The highest BCUT2D eigenvalue weighted by atomic mass is 16.3. The second kappa shape index (κ2) is 3.23. The predicted molar refractivity (Wildman–Crippen MR) is 52.4 cm³/mol. The maximum atomic E-state index is 9.91. The summed E-state index contributed by atoms with van der Waals surface area (Å²) in [5, 5.41) is 9.91. The Labute approximate surface area is 79.9 Å². The third-order valence-corrected chi connectivity index (χ3v) is 3.37. The molecule has 0 amide bonds. The Balaban J connectivity index is 1.86. The van der Waals surface area contributed by atoms with Gasteiger partial charge in [0.15, 0.2) is 0 Å². The zero-order valence-corrected chi connectivity index (χ0v) is 8.37. The van der Waals surface area contributed by atoms with Gasteiger partial charge in [0.2, 0.25) is 0 Å². The molecule has 0 spiro atoms. The van der Waals surface area contributed by atoms with Crippen molar-refractivity contribution in [3.63, 3.8) is 0 Å². The molecular weight excluding hydrogens is 164 g/mol. The molecule has 1 atom stereocenters. The zero-order chi connectivity index (χ0) is 9.47. The first-order valence-electron chi connectivity index (χ1n) is 5.29. The largest absolute Gasteiger partial charge is 0.389 e. The van der Waals surface area contributed by atoms with Crippen molar-refractivity contribution in [1.29, 1.82) is 0 Å². The number of aliphatic hydroxyl groups is 1. The summed E-state index contributed by atoms with van der Waals surface area (Å²) in [7, 11) is 0. The second-order valence-corrected chi connectivity index (χ2v) is 4.96. The van der Waals surface area contributed by atoms with Gasteiger partial charge in [-0.1, -0.05) is 0 Å². The van der Waals surface area contributed by atoms with Gasteiger partial charge in [-0.2, -0.15) is 0 Å². The van der Waals surface area contributed by atoms with Crippen molar-refractivity contribution >= 4 is 0 Å². The van der Waals surface area contributed by atoms with Crippen molar-refractivity contribution in [3.05, 3.63) is 0 Å². The van der Waals surface area contributed by atoms with Gasteiger partial charge in [-0.15, -0.1) is 0 Å². The molecule has 1 aliphatic carbocycles. The van der Waals surface area contributed by atoms with Crippen LogP contribution in [-0.4, -0.2) is 40.8 Å². The van der Waals surface area contributed by atoms with Crippen molar-refractivity contribution < 1.29 is 5.11 Å². The van der Waals surface area contributed by atoms with Crippen LogP contribution in [-0.2, 0) is 0 Å². The summed E-state index contributed by atoms with van der Waals surface area (Å²) in [4.78, 5) is 2.41. The van der Waals surface area contributed by atoms with Crippen molar-refractivity contribution in [2.24, 2.45) is 5.73 Å². The van der Waals surface area contributed by atoms with Crippen LogP contribution in [0.25, 0.3) is 0 Å². The fourth-order valence-electron chi connectivity index (χ4n) is 2.50. The van der Waals surface area contributed by atoms with Crippen LogP contribution in [0.2, 0.25) is 0 Å². The molecule has 76 valence electrons. The molecule has 2 aliphatic rings. The summed E-state index contributed by atoms with van der Waals surface area (Å²) in [6, 6.07) is 1.07. The van der Waals surface area contributed by atoms with Gasteiger partial charge in [-0.25, -0.2) is 0 Å². The monoisotopic (exact) mass is 184 g/mol. The van der Waals surface area contributed by atoms with Crippen molar-refractivity contribution in [2.45, 2.75) is 50.3 Å². The average molecular weight is 184 g/mol. The highest BCUT2D eigenvalue weighted by molar-refractivity contribution is 4.94. The number of likely N-dealkylation sites (tertiary alicyclic amines) is 1. The molecule has 1 unspecified atom stereocenters. The third-order valence-electron chi connectivity index (χ3n) is 3.37. The molecule has 3 N–H and O–H groups in total. The lowest BCUT2D eigenvalue weighted by Gasteiger charge is -2.46. The molecule has 1 heterocycles. The molecule has 3 heteroatoms. The highest BCUT2D eigenvalue weighted by Gasteiger charge is 2.37. The van der Waals surface area contributed by atoms with Crippen LogP contribution >= 0.6 is 0 Å². The van der Waals surface area contributed by atoms with Crippen LogP contribution in [0.1, 0.15) is 32.6 Å². The van der Waals surface area contributed by atoms with E-state index < -0.39 is 5.60 Å². The lowest BCUT2D eigenvalue weighted by atomic mass is 9.83. The second-order valence-electron chi connectivity index (χ2n) is 4.96. The van der Waals surface area contributed by atoms with E-state index in [1.165, 1.54) is 0 Å². The Kier molecular flexibility index (Phi) is 2.34. The number of hydrogen-bond acceptors (Lipinski definition) is 3. The molecule has 0 aromatic carbocycles. The van der Waals surface area contributed by atoms with E-state index in [2.05, 4.69) is 4.90 Å². The van der Waals surface area contributed by atoms with Gasteiger partial charge in [0.25, 0.3) is 0 Å². The standard InChI is InChI=1S/C10H20N2O/c1-10(13)3-2-4-12(7-10)9-5-8(11)6-9/h8-9,13H,2-7,11H2,1H3. The van der Waals surface area contributed by atoms with E-state index in [4.69, 9.17) is 5.73 Å². The summed E-state index contributed by atoms with van der Waals surface area (Å²) in [5.41, 5.74) is 5.29. The summed E-state index contributed by atoms with van der Waals surface area (Å²) in [5.74, 6) is 0. The first kappa shape index (κ1) is 9.44. The van der Waals surface area contributed by atoms with Crippen LogP contribution < -0.4 is 5.73 Å². The smallest absolute Gasteiger partial charge is 0.0746 e. The van der Waals surface area contributed by atoms with E-state index in [0.29, 0.717) is 12.1 Å². The first-order valence-corrected chi connectivity index (χ1v) is 5.29. The topological polar surface area (TPSA) is 49.5 Å². The summed E-state index contributed by atoms with van der Waals surface area (Å²) < 4.78 is 0. The number of piperidine rings is 1. The van der Waals surface area contributed by atoms with Crippen molar-refractivity contribution in [1.82, 2.24) is 4.90 Å². The van der Waals surface area contributed by atoms with Gasteiger partial charge in [0.1, 0.15) is 0 Å². The van der Waals surface area contributed by atoms with Gasteiger partial charge in [-0.3, -0.25) is 4.90 Å². The molecule has 0 aromatic rings. The van der Waals surface area contributed by atoms with Crippen LogP contribution in [0.15, 0.2) is 0 Å². The van der Waals surface area contributed by atoms with Crippen molar-refractivity contribution in [2.75, 3.05) is 13.1 Å². The molecule has 1 aliphatic heterocycles. The molecule has 0 aromatic heterocycles. The summed E-state index contributed by atoms with van der Waals surface area (Å²) >= 11 is 0. The fraction of sp³-hybridized carbons (Fsp3) is 1.00. The molecule has 0 bridgehead atoms. The van der Waals surface area contributed by atoms with Gasteiger partial charge >= 0.3 is 0 Å². The summed E-state index contributed by atoms with van der Waals surface area (Å²) in [6.07, 6.45) is 4.31. The van der Waals surface area contributed by atoms with E-state index in [9.17, 15) is 5.11 Å². The number of nitrogens with zero attached hydrogens (tertiary/aromatic N) is 1. The quantitative estimate of drug-likeness (QED) is 0.617. The number of β-amino-alcohol motifs (C(OH)–C–C–N with tert-alkyl or cyclic N) is 1. The Morgan fingerprint density at radius 2 is 2.15 bits per heavy atom. The van der Waals surface area contributed by atoms with E-state index in [1.54, 1.807) is 0 Å². The van der Waals surface area contributed by atoms with E-state index in [0.717, 1.165) is 38.8 Å². The number of hydrogen-bond donors (Lipinski definition) is 2. The zero-order valence-electron chi connectivity index (χ0n) is 8.37. The first-order chi connectivity index (χ1) is 6.07. The lowest BCUT2D eigenvalue weighted by Crippen LogP contribution is -2.56. The van der Waals surface area contributed by atoms with Crippen molar-refractivity contribution in [3.8, 4) is 0 Å². The Bertz CT molecular complexity index is 187. The van der Waals surface area contributed by atoms with Crippen LogP contribution in [0.4, 0.5) is 0 Å². The van der Waals surface area contributed by atoms with Crippen LogP contribution in [0.3, 0.4) is 0 Å². The van der Waals surface area contributed by atoms with Gasteiger partial charge in [0, 0.05) is 18.6 Å². The Morgan fingerprint density at radius 3 is 2.69 bits per heavy atom. The van der Waals surface area contributed by atoms with Gasteiger partial charge in [-0.05, 0) is 39.2 Å². The third kappa shape index (κ3) is 2.03. The summed E-state index contributed by atoms with van der Waals surface area (Å²) in [6.45, 7) is 3.93. The minimum atomic E-state index is -0.460. The molecule has 3 nitrogen and oxygen atoms in total. The molecule has 13 heavy (non-hydrogen) atoms. The van der Waals surface area contributed by atoms with Crippen LogP contribution in [0, 0.1) is 0 Å². The maximum Gasteiger partial charge on any atom is 0.0746 e. The van der Waals surface area contributed by atoms with E-state index in [1.807, 2.05) is 6.92 Å². The number of nitrogens with two attached hydrogens (primary N) is 1. The van der Waals surface area contributed by atoms with E-state index in [-0.39, 0.29) is 0 Å². The molecule has 0 radical (unpaired) electrons. The molecule has 2 fully saturated rings. The SMILES string of the molecule is CC1(O)CCCN(C2CC(N)C2)C1. The van der Waals surface area contributed by atoms with Crippen LogP contribution in [0.5, 0.6) is 0 Å². The number of rotatable bonds is 1. The van der Waals surface area contributed by atoms with Gasteiger partial charge in [0.05, 0.1) is 5.60 Å². The fourth-order valence-corrected chi connectivity index (χ4v) is 2.50. The molecular formula is C10H20N2O. The molecule has 1 saturated carbocycles. The molecule has 1 saturated heterocycles. The predicted octanol–water partition coefficient (Wildman–Crippen LogP) is 0.323. The van der Waals surface area contributed by atoms with Gasteiger partial charge < -0.3 is 10.8 Å². The Hall–Kier alpha value is -0.120. The maximum absolute atomic E-state index is 9.91. The minimum Gasteiger partial charge on any atom is -0.389 e. The minimum absolute atomic E-state index is 0.414.